The third-order valence-electron chi connectivity index (χ3n) is 2.55. The van der Waals surface area contributed by atoms with Crippen LogP contribution in [0, 0.1) is 0 Å². The number of rotatable bonds is 4. The van der Waals surface area contributed by atoms with Crippen LogP contribution in [0.2, 0.25) is 0 Å². The summed E-state index contributed by atoms with van der Waals surface area (Å²) in [5, 5.41) is 0. The predicted molar refractivity (Wildman–Crippen MR) is 79.8 cm³/mol. The van der Waals surface area contributed by atoms with Crippen molar-refractivity contribution in [3.8, 4) is 0 Å². The Labute approximate surface area is 127 Å². The molecule has 0 N–H and O–H groups in total. The second-order valence-corrected chi connectivity index (χ2v) is 6.36. The van der Waals surface area contributed by atoms with E-state index in [1.165, 1.54) is 0 Å². The highest BCUT2D eigenvalue weighted by Gasteiger charge is 2.08. The Morgan fingerprint density at radius 3 is 2.60 bits per heavy atom. The van der Waals surface area contributed by atoms with E-state index in [2.05, 4.69) is 20.9 Å². The number of ether oxygens (including phenoxy) is 1. The predicted octanol–water partition coefficient (Wildman–Crippen LogP) is 2.94. The standard InChI is InChI=1S/C14H12BrNO3S/c1-20(18)13-4-2-11(3-5-13)14(17)19-9-10-6-12(15)8-16-7-10/h2-8H,9H2,1H3/t20-/m1/s1. The Morgan fingerprint density at radius 2 is 2.00 bits per heavy atom. The van der Waals surface area contributed by atoms with Crippen molar-refractivity contribution < 1.29 is 13.7 Å². The molecule has 1 atom stereocenters. The fourth-order valence-electron chi connectivity index (χ4n) is 1.55. The minimum Gasteiger partial charge on any atom is -0.457 e. The lowest BCUT2D eigenvalue weighted by Gasteiger charge is -2.05. The molecule has 0 radical (unpaired) electrons. The number of hydrogen-bond donors (Lipinski definition) is 0. The van der Waals surface area contributed by atoms with Gasteiger partial charge in [-0.25, -0.2) is 4.79 Å². The summed E-state index contributed by atoms with van der Waals surface area (Å²) in [7, 11) is -1.05. The summed E-state index contributed by atoms with van der Waals surface area (Å²) in [6.07, 6.45) is 4.89. The maximum Gasteiger partial charge on any atom is 0.338 e. The molecule has 0 saturated heterocycles. The van der Waals surface area contributed by atoms with E-state index in [4.69, 9.17) is 4.74 Å². The van der Waals surface area contributed by atoms with Crippen LogP contribution in [0.3, 0.4) is 0 Å². The molecule has 4 nitrogen and oxygen atoms in total. The molecule has 0 fully saturated rings. The number of halogens is 1. The van der Waals surface area contributed by atoms with Crippen LogP contribution in [-0.2, 0) is 22.1 Å². The first-order chi connectivity index (χ1) is 9.56. The average molecular weight is 354 g/mol. The Balaban J connectivity index is 1.99. The van der Waals surface area contributed by atoms with Crippen LogP contribution < -0.4 is 0 Å². The van der Waals surface area contributed by atoms with Crippen LogP contribution in [0.5, 0.6) is 0 Å². The molecule has 0 saturated carbocycles. The van der Waals surface area contributed by atoms with Gasteiger partial charge in [-0.3, -0.25) is 9.19 Å². The van der Waals surface area contributed by atoms with Crippen LogP contribution in [0.1, 0.15) is 15.9 Å². The minimum absolute atomic E-state index is 0.159. The number of aromatic nitrogens is 1. The molecule has 0 spiro atoms. The van der Waals surface area contributed by atoms with E-state index in [1.807, 2.05) is 6.07 Å². The molecule has 104 valence electrons. The molecule has 0 aliphatic carbocycles. The van der Waals surface area contributed by atoms with Crippen LogP contribution in [0.25, 0.3) is 0 Å². The lowest BCUT2D eigenvalue weighted by molar-refractivity contribution is 0.0472. The Bertz CT molecular complexity index is 643. The van der Waals surface area contributed by atoms with Gasteiger partial charge in [0.1, 0.15) is 6.61 Å². The third kappa shape index (κ3) is 3.98. The van der Waals surface area contributed by atoms with Gasteiger partial charge < -0.3 is 4.74 Å². The Kier molecular flexibility index (Phi) is 5.03. The molecule has 1 aromatic carbocycles. The van der Waals surface area contributed by atoms with Crippen molar-refractivity contribution in [1.82, 2.24) is 4.98 Å². The highest BCUT2D eigenvalue weighted by molar-refractivity contribution is 9.10. The molecule has 20 heavy (non-hydrogen) atoms. The molecule has 6 heteroatoms. The summed E-state index contributed by atoms with van der Waals surface area (Å²) in [5.74, 6) is -0.418. The van der Waals surface area contributed by atoms with Gasteiger partial charge in [0.15, 0.2) is 0 Å². The average Bonchev–Trinajstić information content (AvgIpc) is 2.45. The fraction of sp³-hybridized carbons (Fsp3) is 0.143. The van der Waals surface area contributed by atoms with Gasteiger partial charge in [-0.15, -0.1) is 0 Å². The van der Waals surface area contributed by atoms with E-state index in [0.29, 0.717) is 10.5 Å². The smallest absolute Gasteiger partial charge is 0.338 e. The molecule has 0 bridgehead atoms. The molecule has 1 aromatic heterocycles. The summed E-state index contributed by atoms with van der Waals surface area (Å²) in [6, 6.07) is 8.38. The van der Waals surface area contributed by atoms with Gasteiger partial charge in [-0.05, 0) is 46.3 Å². The van der Waals surface area contributed by atoms with Crippen molar-refractivity contribution >= 4 is 32.7 Å². The molecule has 2 aromatic rings. The van der Waals surface area contributed by atoms with Gasteiger partial charge in [0, 0.05) is 44.4 Å². The first-order valence-electron chi connectivity index (χ1n) is 5.76. The first-order valence-corrected chi connectivity index (χ1v) is 8.11. The Morgan fingerprint density at radius 1 is 1.30 bits per heavy atom. The molecule has 1 heterocycles. The number of pyridine rings is 1. The zero-order valence-corrected chi connectivity index (χ0v) is 13.1. The van der Waals surface area contributed by atoms with Crippen molar-refractivity contribution in [2.45, 2.75) is 11.5 Å². The quantitative estimate of drug-likeness (QED) is 0.793. The highest BCUT2D eigenvalue weighted by Crippen LogP contribution is 2.12. The van der Waals surface area contributed by atoms with Crippen molar-refractivity contribution in [2.75, 3.05) is 6.26 Å². The number of esters is 1. The van der Waals surface area contributed by atoms with E-state index in [1.54, 1.807) is 42.9 Å². The molecule has 0 amide bonds. The summed E-state index contributed by atoms with van der Waals surface area (Å²) >= 11 is 3.30. The number of benzene rings is 1. The van der Waals surface area contributed by atoms with Gasteiger partial charge in [0.2, 0.25) is 0 Å². The van der Waals surface area contributed by atoms with Gasteiger partial charge in [0.05, 0.1) is 5.56 Å². The van der Waals surface area contributed by atoms with E-state index in [0.717, 1.165) is 10.0 Å². The summed E-state index contributed by atoms with van der Waals surface area (Å²) in [4.78, 5) is 16.5. The van der Waals surface area contributed by atoms with E-state index >= 15 is 0 Å². The van der Waals surface area contributed by atoms with Crippen molar-refractivity contribution in [1.29, 1.82) is 0 Å². The van der Waals surface area contributed by atoms with Gasteiger partial charge in [0.25, 0.3) is 0 Å². The number of hydrogen-bond acceptors (Lipinski definition) is 4. The molecule has 0 aliphatic rings. The summed E-state index contributed by atoms with van der Waals surface area (Å²) < 4.78 is 17.3. The molecular formula is C14H12BrNO3S. The normalized spacial score (nSPS) is 11.9. The zero-order valence-electron chi connectivity index (χ0n) is 10.7. The van der Waals surface area contributed by atoms with E-state index in [9.17, 15) is 9.00 Å². The SMILES string of the molecule is C[S@@](=O)c1ccc(C(=O)OCc2cncc(Br)c2)cc1. The monoisotopic (exact) mass is 353 g/mol. The van der Waals surface area contributed by atoms with Crippen molar-refractivity contribution in [2.24, 2.45) is 0 Å². The van der Waals surface area contributed by atoms with E-state index < -0.39 is 16.8 Å². The molecule has 0 aliphatic heterocycles. The second kappa shape index (κ2) is 6.76. The largest absolute Gasteiger partial charge is 0.457 e. The van der Waals surface area contributed by atoms with Crippen LogP contribution in [0.15, 0.2) is 52.1 Å². The lowest BCUT2D eigenvalue weighted by atomic mass is 10.2. The van der Waals surface area contributed by atoms with Crippen LogP contribution in [0.4, 0.5) is 0 Å². The van der Waals surface area contributed by atoms with Crippen LogP contribution >= 0.6 is 15.9 Å². The molecular weight excluding hydrogens is 342 g/mol. The topological polar surface area (TPSA) is 56.3 Å². The maximum atomic E-state index is 11.9. The van der Waals surface area contributed by atoms with Gasteiger partial charge >= 0.3 is 5.97 Å². The first kappa shape index (κ1) is 14.9. The van der Waals surface area contributed by atoms with Gasteiger partial charge in [-0.1, -0.05) is 0 Å². The number of carbonyl (C=O) groups excluding carboxylic acids is 1. The second-order valence-electron chi connectivity index (χ2n) is 4.07. The highest BCUT2D eigenvalue weighted by atomic mass is 79.9. The lowest BCUT2D eigenvalue weighted by Crippen LogP contribution is -2.05. The fourth-order valence-corrected chi connectivity index (χ4v) is 2.48. The van der Waals surface area contributed by atoms with Crippen molar-refractivity contribution in [3.05, 3.63) is 58.3 Å². The Hall–Kier alpha value is -1.53. The number of carbonyl (C=O) groups is 1. The molecule has 0 unspecified atom stereocenters. The minimum atomic E-state index is -1.05. The van der Waals surface area contributed by atoms with Crippen molar-refractivity contribution in [3.63, 3.8) is 0 Å². The number of nitrogens with zero attached hydrogens (tertiary/aromatic N) is 1. The summed E-state index contributed by atoms with van der Waals surface area (Å²) in [5.41, 5.74) is 1.24. The zero-order chi connectivity index (χ0) is 14.5. The van der Waals surface area contributed by atoms with Crippen LogP contribution in [-0.4, -0.2) is 21.4 Å². The van der Waals surface area contributed by atoms with Gasteiger partial charge in [-0.2, -0.15) is 0 Å². The molecule has 2 rings (SSSR count). The third-order valence-corrected chi connectivity index (χ3v) is 3.92. The summed E-state index contributed by atoms with van der Waals surface area (Å²) in [6.45, 7) is 0.159. The maximum absolute atomic E-state index is 11.9. The van der Waals surface area contributed by atoms with E-state index in [-0.39, 0.29) is 6.61 Å².